The molecule has 0 aromatic heterocycles. The van der Waals surface area contributed by atoms with E-state index >= 15 is 0 Å². The van der Waals surface area contributed by atoms with Crippen LogP contribution >= 0.6 is 0 Å². The predicted octanol–water partition coefficient (Wildman–Crippen LogP) is 8.70. The second-order valence-electron chi connectivity index (χ2n) is 12.3. The lowest BCUT2D eigenvalue weighted by Crippen LogP contribution is -2.47. The lowest BCUT2D eigenvalue weighted by atomic mass is 9.60. The summed E-state index contributed by atoms with van der Waals surface area (Å²) in [4.78, 5) is 5.74. The summed E-state index contributed by atoms with van der Waals surface area (Å²) in [5.41, 5.74) is 9.59. The van der Waals surface area contributed by atoms with Gasteiger partial charge in [-0.3, -0.25) is 0 Å². The third kappa shape index (κ3) is 3.01. The molecule has 2 heterocycles. The van der Waals surface area contributed by atoms with Crippen molar-refractivity contribution in [1.82, 2.24) is 0 Å². The Bertz CT molecular complexity index is 1110. The molecule has 0 radical (unpaired) electrons. The van der Waals surface area contributed by atoms with Gasteiger partial charge in [0.15, 0.2) is 0 Å². The number of aryl methyl sites for hydroxylation is 1. The Morgan fingerprint density at radius 2 is 1.17 bits per heavy atom. The molecule has 7 rings (SSSR count). The van der Waals surface area contributed by atoms with Gasteiger partial charge in [-0.15, -0.1) is 0 Å². The topological polar surface area (TPSA) is 6.48 Å². The van der Waals surface area contributed by atoms with Crippen molar-refractivity contribution >= 4 is 11.4 Å². The highest BCUT2D eigenvalue weighted by Gasteiger charge is 2.62. The fraction of sp³-hybridized carbons (Fsp3) is 0.576. The Morgan fingerprint density at radius 3 is 1.80 bits per heavy atom. The van der Waals surface area contributed by atoms with Gasteiger partial charge < -0.3 is 9.80 Å². The van der Waals surface area contributed by atoms with Crippen LogP contribution in [0.3, 0.4) is 0 Å². The maximum absolute atomic E-state index is 2.92. The summed E-state index contributed by atoms with van der Waals surface area (Å²) < 4.78 is 0. The van der Waals surface area contributed by atoms with Crippen LogP contribution in [0.5, 0.6) is 0 Å². The largest absolute Gasteiger partial charge is 0.322 e. The van der Waals surface area contributed by atoms with Crippen molar-refractivity contribution in [3.8, 4) is 0 Å². The van der Waals surface area contributed by atoms with Gasteiger partial charge >= 0.3 is 0 Å². The van der Waals surface area contributed by atoms with Crippen LogP contribution in [0.1, 0.15) is 95.1 Å². The Labute approximate surface area is 212 Å². The summed E-state index contributed by atoms with van der Waals surface area (Å²) in [6.07, 6.45) is 17.3. The molecule has 1 atom stereocenters. The normalized spacial score (nSPS) is 26.9. The van der Waals surface area contributed by atoms with Crippen LogP contribution in [0, 0.1) is 24.7 Å². The molecular weight excluding hydrogens is 424 g/mol. The van der Waals surface area contributed by atoms with Gasteiger partial charge in [0.2, 0.25) is 0 Å². The molecule has 2 aliphatic heterocycles. The van der Waals surface area contributed by atoms with E-state index < -0.39 is 0 Å². The van der Waals surface area contributed by atoms with Crippen molar-refractivity contribution in [2.75, 3.05) is 9.80 Å². The van der Waals surface area contributed by atoms with Crippen molar-refractivity contribution in [3.05, 3.63) is 71.1 Å². The van der Waals surface area contributed by atoms with E-state index in [4.69, 9.17) is 0 Å². The fourth-order valence-corrected chi connectivity index (χ4v) is 9.41. The van der Waals surface area contributed by atoms with Gasteiger partial charge in [-0.25, -0.2) is 0 Å². The van der Waals surface area contributed by atoms with Crippen LogP contribution in [0.2, 0.25) is 0 Å². The van der Waals surface area contributed by atoms with Crippen LogP contribution in [0.4, 0.5) is 11.4 Å². The molecule has 5 aliphatic rings. The number of hydrogen-bond acceptors (Lipinski definition) is 2. The molecular formula is C33H42N2. The molecule has 0 N–H and O–H groups in total. The molecule has 2 heteroatoms. The van der Waals surface area contributed by atoms with E-state index in [0.717, 1.165) is 17.8 Å². The third-order valence-electron chi connectivity index (χ3n) is 10.7. The van der Waals surface area contributed by atoms with E-state index in [9.17, 15) is 0 Å². The van der Waals surface area contributed by atoms with E-state index in [-0.39, 0.29) is 5.41 Å². The second-order valence-corrected chi connectivity index (χ2v) is 12.3. The summed E-state index contributed by atoms with van der Waals surface area (Å²) in [7, 11) is 0. The van der Waals surface area contributed by atoms with Crippen molar-refractivity contribution < 1.29 is 0 Å². The van der Waals surface area contributed by atoms with Crippen LogP contribution < -0.4 is 9.80 Å². The van der Waals surface area contributed by atoms with E-state index in [2.05, 4.69) is 72.2 Å². The number of nitrogens with zero attached hydrogens (tertiary/aromatic N) is 2. The summed E-state index contributed by atoms with van der Waals surface area (Å²) in [5, 5.41) is 0. The first kappa shape index (κ1) is 22.0. The third-order valence-corrected chi connectivity index (χ3v) is 10.7. The number of anilines is 2. The Balaban J connectivity index is 1.50. The molecule has 3 saturated carbocycles. The van der Waals surface area contributed by atoms with Crippen LogP contribution in [-0.2, 0) is 5.41 Å². The zero-order valence-corrected chi connectivity index (χ0v) is 21.8. The Morgan fingerprint density at radius 1 is 0.629 bits per heavy atom. The van der Waals surface area contributed by atoms with Gasteiger partial charge in [0.05, 0.1) is 5.70 Å². The highest BCUT2D eigenvalue weighted by atomic mass is 15.4. The molecule has 2 nitrogen and oxygen atoms in total. The standard InChI is InChI=1S/C33H42N2/c1-23-13-3-11-21-29(23)34-24(2)31-33(26-16-6-7-17-26,27-18-8-9-19-27)28-20-10-12-22-30(28)35(31)32(34)25-14-4-5-15-25/h3,10-13,20-22,25-27,32H,4-9,14-19H2,1-2H3. The first-order valence-electron chi connectivity index (χ1n) is 14.7. The van der Waals surface area contributed by atoms with E-state index in [1.807, 2.05) is 0 Å². The number of hydrogen-bond donors (Lipinski definition) is 0. The first-order valence-corrected chi connectivity index (χ1v) is 14.7. The van der Waals surface area contributed by atoms with Crippen LogP contribution in [-0.4, -0.2) is 6.17 Å². The maximum atomic E-state index is 2.92. The predicted molar refractivity (Wildman–Crippen MR) is 147 cm³/mol. The number of rotatable bonds is 4. The molecule has 0 spiro atoms. The van der Waals surface area contributed by atoms with Gasteiger partial charge in [0.1, 0.15) is 6.17 Å². The number of benzene rings is 2. The molecule has 3 aliphatic carbocycles. The summed E-state index contributed by atoms with van der Waals surface area (Å²) in [6, 6.07) is 18.9. The Kier molecular flexibility index (Phi) is 5.30. The zero-order valence-electron chi connectivity index (χ0n) is 21.8. The van der Waals surface area contributed by atoms with Gasteiger partial charge in [-0.05, 0) is 93.4 Å². The molecule has 0 amide bonds. The van der Waals surface area contributed by atoms with Crippen molar-refractivity contribution in [2.45, 2.75) is 102 Å². The lowest BCUT2D eigenvalue weighted by molar-refractivity contribution is 0.216. The second kappa shape index (κ2) is 8.43. The smallest absolute Gasteiger partial charge is 0.113 e. The fourth-order valence-electron chi connectivity index (χ4n) is 9.41. The molecule has 184 valence electrons. The molecule has 0 saturated heterocycles. The van der Waals surface area contributed by atoms with Crippen molar-refractivity contribution in [2.24, 2.45) is 17.8 Å². The maximum Gasteiger partial charge on any atom is 0.113 e. The number of fused-ring (bicyclic) bond motifs is 3. The minimum atomic E-state index is 0.210. The van der Waals surface area contributed by atoms with E-state index in [0.29, 0.717) is 6.17 Å². The van der Waals surface area contributed by atoms with Crippen molar-refractivity contribution in [3.63, 3.8) is 0 Å². The quantitative estimate of drug-likeness (QED) is 0.444. The highest BCUT2D eigenvalue weighted by molar-refractivity contribution is 5.79. The van der Waals surface area contributed by atoms with Gasteiger partial charge in [0, 0.05) is 22.5 Å². The van der Waals surface area contributed by atoms with Crippen LogP contribution in [0.15, 0.2) is 59.9 Å². The molecule has 3 fully saturated rings. The summed E-state index contributed by atoms with van der Waals surface area (Å²) in [6.45, 7) is 4.81. The summed E-state index contributed by atoms with van der Waals surface area (Å²) >= 11 is 0. The average Bonchev–Trinajstić information content (AvgIpc) is 3.70. The minimum Gasteiger partial charge on any atom is -0.322 e. The molecule has 2 aromatic rings. The number of para-hydroxylation sites is 2. The van der Waals surface area contributed by atoms with Gasteiger partial charge in [-0.2, -0.15) is 0 Å². The SMILES string of the molecule is CC1=C2N(c3ccccc3C2(C2CCCC2)C2CCCC2)C(C2CCCC2)N1c1ccccc1C. The van der Waals surface area contributed by atoms with Crippen molar-refractivity contribution in [1.29, 1.82) is 0 Å². The molecule has 35 heavy (non-hydrogen) atoms. The average molecular weight is 467 g/mol. The zero-order chi connectivity index (χ0) is 23.6. The minimum absolute atomic E-state index is 0.210. The van der Waals surface area contributed by atoms with Gasteiger partial charge in [-0.1, -0.05) is 74.9 Å². The van der Waals surface area contributed by atoms with Gasteiger partial charge in [0.25, 0.3) is 0 Å². The summed E-state index contributed by atoms with van der Waals surface area (Å²) in [5.74, 6) is 2.32. The van der Waals surface area contributed by atoms with E-state index in [1.165, 1.54) is 88.3 Å². The molecule has 2 aromatic carbocycles. The van der Waals surface area contributed by atoms with E-state index in [1.54, 1.807) is 22.6 Å². The molecule has 1 unspecified atom stereocenters. The molecule has 0 bridgehead atoms. The highest BCUT2D eigenvalue weighted by Crippen LogP contribution is 2.66. The number of allylic oxidation sites excluding steroid dienone is 2. The monoisotopic (exact) mass is 466 g/mol. The van der Waals surface area contributed by atoms with Crippen LogP contribution in [0.25, 0.3) is 0 Å². The lowest BCUT2D eigenvalue weighted by Gasteiger charge is -2.43. The Hall–Kier alpha value is -2.22. The first-order chi connectivity index (χ1) is 17.2.